The molecule has 1 heterocycles. The molecular weight excluding hydrogens is 254 g/mol. The quantitative estimate of drug-likeness (QED) is 0.880. The SMILES string of the molecule is CCCn1ncnc1COc1ccc([C@H](C)O)cc1C. The van der Waals surface area contributed by atoms with Crippen LogP contribution in [0.15, 0.2) is 24.5 Å². The molecule has 0 saturated carbocycles. The van der Waals surface area contributed by atoms with Crippen LogP contribution < -0.4 is 4.74 Å². The van der Waals surface area contributed by atoms with Crippen molar-refractivity contribution in [3.05, 3.63) is 41.5 Å². The van der Waals surface area contributed by atoms with E-state index in [9.17, 15) is 5.11 Å². The lowest BCUT2D eigenvalue weighted by molar-refractivity contribution is 0.199. The van der Waals surface area contributed by atoms with E-state index in [4.69, 9.17) is 4.74 Å². The third-order valence-electron chi connectivity index (χ3n) is 3.17. The smallest absolute Gasteiger partial charge is 0.164 e. The fourth-order valence-corrected chi connectivity index (χ4v) is 2.04. The predicted octanol–water partition coefficient (Wildman–Crippen LogP) is 2.63. The van der Waals surface area contributed by atoms with E-state index >= 15 is 0 Å². The lowest BCUT2D eigenvalue weighted by Gasteiger charge is -2.12. The van der Waals surface area contributed by atoms with Crippen molar-refractivity contribution in [1.29, 1.82) is 0 Å². The highest BCUT2D eigenvalue weighted by Crippen LogP contribution is 2.23. The van der Waals surface area contributed by atoms with Gasteiger partial charge in [0, 0.05) is 6.54 Å². The van der Waals surface area contributed by atoms with Gasteiger partial charge in [-0.3, -0.25) is 0 Å². The van der Waals surface area contributed by atoms with Crippen molar-refractivity contribution < 1.29 is 9.84 Å². The molecule has 1 aromatic carbocycles. The fourth-order valence-electron chi connectivity index (χ4n) is 2.04. The zero-order valence-corrected chi connectivity index (χ0v) is 12.2. The molecule has 0 amide bonds. The first-order valence-corrected chi connectivity index (χ1v) is 6.90. The summed E-state index contributed by atoms with van der Waals surface area (Å²) < 4.78 is 7.66. The largest absolute Gasteiger partial charge is 0.485 e. The van der Waals surface area contributed by atoms with Crippen LogP contribution in [0.2, 0.25) is 0 Å². The van der Waals surface area contributed by atoms with Crippen LogP contribution in [0, 0.1) is 6.92 Å². The van der Waals surface area contributed by atoms with E-state index in [-0.39, 0.29) is 0 Å². The maximum absolute atomic E-state index is 9.55. The van der Waals surface area contributed by atoms with Crippen LogP contribution in [0.3, 0.4) is 0 Å². The predicted molar refractivity (Wildman–Crippen MR) is 76.5 cm³/mol. The second kappa shape index (κ2) is 6.52. The van der Waals surface area contributed by atoms with Gasteiger partial charge in [-0.1, -0.05) is 13.0 Å². The molecule has 2 rings (SSSR count). The van der Waals surface area contributed by atoms with Gasteiger partial charge in [-0.25, -0.2) is 9.67 Å². The second-order valence-corrected chi connectivity index (χ2v) is 4.89. The lowest BCUT2D eigenvalue weighted by atomic mass is 10.1. The molecule has 0 aliphatic carbocycles. The highest BCUT2D eigenvalue weighted by Gasteiger charge is 2.08. The van der Waals surface area contributed by atoms with E-state index in [1.165, 1.54) is 0 Å². The number of aryl methyl sites for hydroxylation is 2. The van der Waals surface area contributed by atoms with Gasteiger partial charge in [0.25, 0.3) is 0 Å². The standard InChI is InChI=1S/C15H21N3O2/c1-4-7-18-15(16-10-17-18)9-20-14-6-5-13(12(3)19)8-11(14)2/h5-6,8,10,12,19H,4,7,9H2,1-3H3/t12-/m0/s1. The van der Waals surface area contributed by atoms with E-state index in [0.29, 0.717) is 6.61 Å². The Labute approximate surface area is 119 Å². The molecule has 0 aliphatic rings. The Morgan fingerprint density at radius 1 is 1.40 bits per heavy atom. The van der Waals surface area contributed by atoms with E-state index in [0.717, 1.165) is 35.7 Å². The van der Waals surface area contributed by atoms with E-state index in [1.807, 2.05) is 29.8 Å². The minimum absolute atomic E-state index is 0.398. The summed E-state index contributed by atoms with van der Waals surface area (Å²) in [5, 5.41) is 13.7. The molecule has 5 nitrogen and oxygen atoms in total. The van der Waals surface area contributed by atoms with Gasteiger partial charge in [-0.2, -0.15) is 5.10 Å². The number of ether oxygens (including phenoxy) is 1. The molecule has 0 unspecified atom stereocenters. The summed E-state index contributed by atoms with van der Waals surface area (Å²) in [4.78, 5) is 4.21. The topological polar surface area (TPSA) is 60.2 Å². The van der Waals surface area contributed by atoms with Gasteiger partial charge in [0.05, 0.1) is 6.10 Å². The minimum atomic E-state index is -0.463. The Balaban J connectivity index is 2.05. The van der Waals surface area contributed by atoms with Gasteiger partial charge >= 0.3 is 0 Å². The van der Waals surface area contributed by atoms with Gasteiger partial charge in [0.2, 0.25) is 0 Å². The Morgan fingerprint density at radius 2 is 2.20 bits per heavy atom. The maximum Gasteiger partial charge on any atom is 0.164 e. The summed E-state index contributed by atoms with van der Waals surface area (Å²) in [6, 6.07) is 5.71. The van der Waals surface area contributed by atoms with Crippen LogP contribution in [0.4, 0.5) is 0 Å². The van der Waals surface area contributed by atoms with Crippen molar-refractivity contribution in [3.8, 4) is 5.75 Å². The monoisotopic (exact) mass is 275 g/mol. The third-order valence-corrected chi connectivity index (χ3v) is 3.17. The molecule has 0 aliphatic heterocycles. The van der Waals surface area contributed by atoms with E-state index in [2.05, 4.69) is 17.0 Å². The van der Waals surface area contributed by atoms with Gasteiger partial charge in [-0.15, -0.1) is 0 Å². The van der Waals surface area contributed by atoms with Crippen molar-refractivity contribution in [2.75, 3.05) is 0 Å². The molecule has 1 N–H and O–H groups in total. The molecular formula is C15H21N3O2. The maximum atomic E-state index is 9.55. The van der Waals surface area contributed by atoms with Crippen molar-refractivity contribution in [1.82, 2.24) is 14.8 Å². The number of aliphatic hydroxyl groups excluding tert-OH is 1. The molecule has 20 heavy (non-hydrogen) atoms. The highest BCUT2D eigenvalue weighted by molar-refractivity contribution is 5.36. The van der Waals surface area contributed by atoms with Crippen molar-refractivity contribution in [2.45, 2.75) is 46.4 Å². The summed E-state index contributed by atoms with van der Waals surface area (Å²) in [5.41, 5.74) is 1.90. The molecule has 5 heteroatoms. The lowest BCUT2D eigenvalue weighted by Crippen LogP contribution is -2.09. The van der Waals surface area contributed by atoms with Gasteiger partial charge in [0.1, 0.15) is 18.7 Å². The van der Waals surface area contributed by atoms with Crippen molar-refractivity contribution in [3.63, 3.8) is 0 Å². The molecule has 1 atom stereocenters. The van der Waals surface area contributed by atoms with Crippen LogP contribution in [0.5, 0.6) is 5.75 Å². The average Bonchev–Trinajstić information content (AvgIpc) is 2.85. The first-order valence-electron chi connectivity index (χ1n) is 6.90. The Bertz CT molecular complexity index is 564. The third kappa shape index (κ3) is 3.36. The van der Waals surface area contributed by atoms with Crippen LogP contribution in [-0.4, -0.2) is 19.9 Å². The summed E-state index contributed by atoms with van der Waals surface area (Å²) in [6.45, 7) is 7.07. The molecule has 0 spiro atoms. The van der Waals surface area contributed by atoms with Crippen molar-refractivity contribution in [2.24, 2.45) is 0 Å². The summed E-state index contributed by atoms with van der Waals surface area (Å²) >= 11 is 0. The summed E-state index contributed by atoms with van der Waals surface area (Å²) in [7, 11) is 0. The molecule has 0 saturated heterocycles. The first kappa shape index (κ1) is 14.5. The summed E-state index contributed by atoms with van der Waals surface area (Å²) in [6.07, 6.45) is 2.10. The van der Waals surface area contributed by atoms with Gasteiger partial charge in [-0.05, 0) is 43.5 Å². The van der Waals surface area contributed by atoms with E-state index < -0.39 is 6.10 Å². The number of aliphatic hydroxyl groups is 1. The fraction of sp³-hybridized carbons (Fsp3) is 0.467. The zero-order valence-electron chi connectivity index (χ0n) is 12.2. The average molecular weight is 275 g/mol. The number of nitrogens with zero attached hydrogens (tertiary/aromatic N) is 3. The van der Waals surface area contributed by atoms with Crippen LogP contribution >= 0.6 is 0 Å². The first-order chi connectivity index (χ1) is 9.61. The van der Waals surface area contributed by atoms with Crippen LogP contribution in [-0.2, 0) is 13.2 Å². The summed E-state index contributed by atoms with van der Waals surface area (Å²) in [5.74, 6) is 1.63. The molecule has 2 aromatic rings. The number of hydrogen-bond donors (Lipinski definition) is 1. The Morgan fingerprint density at radius 3 is 2.85 bits per heavy atom. The molecule has 0 fully saturated rings. The van der Waals surface area contributed by atoms with Gasteiger partial charge in [0.15, 0.2) is 5.82 Å². The Kier molecular flexibility index (Phi) is 4.74. The highest BCUT2D eigenvalue weighted by atomic mass is 16.5. The normalized spacial score (nSPS) is 12.4. The number of hydrogen-bond acceptors (Lipinski definition) is 4. The van der Waals surface area contributed by atoms with Crippen molar-refractivity contribution >= 4 is 0 Å². The van der Waals surface area contributed by atoms with Crippen LogP contribution in [0.1, 0.15) is 43.3 Å². The van der Waals surface area contributed by atoms with Crippen LogP contribution in [0.25, 0.3) is 0 Å². The number of rotatable bonds is 6. The Hall–Kier alpha value is -1.88. The van der Waals surface area contributed by atoms with E-state index in [1.54, 1.807) is 13.3 Å². The molecule has 0 radical (unpaired) electrons. The number of benzene rings is 1. The number of aromatic nitrogens is 3. The van der Waals surface area contributed by atoms with Gasteiger partial charge < -0.3 is 9.84 Å². The molecule has 1 aromatic heterocycles. The minimum Gasteiger partial charge on any atom is -0.485 e. The molecule has 108 valence electrons. The zero-order chi connectivity index (χ0) is 14.5. The second-order valence-electron chi connectivity index (χ2n) is 4.89. The molecule has 0 bridgehead atoms.